The summed E-state index contributed by atoms with van der Waals surface area (Å²) in [5.74, 6) is 1.48. The van der Waals surface area contributed by atoms with Gasteiger partial charge in [0.1, 0.15) is 5.75 Å². The Labute approximate surface area is 107 Å². The van der Waals surface area contributed by atoms with Gasteiger partial charge in [0.2, 0.25) is 0 Å². The lowest BCUT2D eigenvalue weighted by molar-refractivity contribution is 0.466. The van der Waals surface area contributed by atoms with Gasteiger partial charge in [0.15, 0.2) is 5.75 Å². The van der Waals surface area contributed by atoms with E-state index in [0.29, 0.717) is 6.04 Å². The van der Waals surface area contributed by atoms with E-state index < -0.39 is 0 Å². The Balaban J connectivity index is 2.11. The molecule has 0 amide bonds. The molecule has 0 bridgehead atoms. The second-order valence-electron chi connectivity index (χ2n) is 4.47. The molecule has 0 fully saturated rings. The molecule has 2 heterocycles. The quantitative estimate of drug-likeness (QED) is 0.877. The summed E-state index contributed by atoms with van der Waals surface area (Å²) in [5.41, 5.74) is 1.09. The van der Waals surface area contributed by atoms with Crippen molar-refractivity contribution in [2.24, 2.45) is 7.05 Å². The van der Waals surface area contributed by atoms with Crippen LogP contribution in [0.4, 0.5) is 0 Å². The number of rotatable bonds is 5. The standard InChI is InChI=1S/C13H18N4O/c1-10(2)15-6-11-4-5-14-8-13(11)18-12-7-16-17(3)9-12/h4-5,7-10,15H,6H2,1-3H3. The molecule has 0 unspecified atom stereocenters. The lowest BCUT2D eigenvalue weighted by atomic mass is 10.2. The van der Waals surface area contributed by atoms with Crippen LogP contribution >= 0.6 is 0 Å². The van der Waals surface area contributed by atoms with Crippen LogP contribution in [0.2, 0.25) is 0 Å². The molecule has 2 aromatic rings. The Hall–Kier alpha value is -1.88. The Kier molecular flexibility index (Phi) is 3.94. The molecule has 18 heavy (non-hydrogen) atoms. The molecule has 2 rings (SSSR count). The first-order valence-electron chi connectivity index (χ1n) is 5.98. The van der Waals surface area contributed by atoms with Crippen LogP contribution in [0.25, 0.3) is 0 Å². The fourth-order valence-electron chi connectivity index (χ4n) is 1.54. The van der Waals surface area contributed by atoms with Gasteiger partial charge in [-0.05, 0) is 6.07 Å². The van der Waals surface area contributed by atoms with Crippen LogP contribution in [0.1, 0.15) is 19.4 Å². The maximum Gasteiger partial charge on any atom is 0.165 e. The maximum atomic E-state index is 5.78. The largest absolute Gasteiger partial charge is 0.452 e. The van der Waals surface area contributed by atoms with E-state index >= 15 is 0 Å². The minimum atomic E-state index is 0.435. The second kappa shape index (κ2) is 5.64. The molecular weight excluding hydrogens is 228 g/mol. The van der Waals surface area contributed by atoms with Gasteiger partial charge in [-0.15, -0.1) is 0 Å². The van der Waals surface area contributed by atoms with Crippen molar-refractivity contribution in [1.29, 1.82) is 0 Å². The third kappa shape index (κ3) is 3.30. The lowest BCUT2D eigenvalue weighted by Crippen LogP contribution is -2.22. The molecule has 0 saturated carbocycles. The summed E-state index contributed by atoms with van der Waals surface area (Å²) in [6, 6.07) is 2.39. The van der Waals surface area contributed by atoms with E-state index in [0.717, 1.165) is 23.6 Å². The molecule has 0 aromatic carbocycles. The molecule has 5 nitrogen and oxygen atoms in total. The first-order valence-corrected chi connectivity index (χ1v) is 5.98. The minimum absolute atomic E-state index is 0.435. The van der Waals surface area contributed by atoms with Gasteiger partial charge < -0.3 is 10.1 Å². The zero-order valence-electron chi connectivity index (χ0n) is 10.9. The summed E-state index contributed by atoms with van der Waals surface area (Å²) >= 11 is 0. The fraction of sp³-hybridized carbons (Fsp3) is 0.385. The average molecular weight is 246 g/mol. The van der Waals surface area contributed by atoms with E-state index in [1.807, 2.05) is 19.3 Å². The van der Waals surface area contributed by atoms with Crippen molar-refractivity contribution in [3.05, 3.63) is 36.4 Å². The summed E-state index contributed by atoms with van der Waals surface area (Å²) in [6.07, 6.45) is 7.01. The van der Waals surface area contributed by atoms with Gasteiger partial charge in [-0.25, -0.2) is 0 Å². The molecule has 0 saturated heterocycles. The smallest absolute Gasteiger partial charge is 0.165 e. The van der Waals surface area contributed by atoms with Gasteiger partial charge in [0, 0.05) is 31.4 Å². The Bertz CT molecular complexity index is 507. The summed E-state index contributed by atoms with van der Waals surface area (Å²) in [4.78, 5) is 4.10. The molecule has 5 heteroatoms. The third-order valence-electron chi connectivity index (χ3n) is 2.48. The number of pyridine rings is 1. The number of hydrogen-bond donors (Lipinski definition) is 1. The number of nitrogens with one attached hydrogen (secondary N) is 1. The highest BCUT2D eigenvalue weighted by molar-refractivity contribution is 5.33. The van der Waals surface area contributed by atoms with Gasteiger partial charge in [-0.1, -0.05) is 13.8 Å². The highest BCUT2D eigenvalue weighted by Crippen LogP contribution is 2.23. The number of hydrogen-bond acceptors (Lipinski definition) is 4. The molecule has 2 aromatic heterocycles. The summed E-state index contributed by atoms with van der Waals surface area (Å²) in [7, 11) is 1.86. The Morgan fingerprint density at radius 2 is 2.22 bits per heavy atom. The molecule has 96 valence electrons. The number of aromatic nitrogens is 3. The summed E-state index contributed by atoms with van der Waals surface area (Å²) < 4.78 is 7.48. The third-order valence-corrected chi connectivity index (χ3v) is 2.48. The number of aryl methyl sites for hydroxylation is 1. The van der Waals surface area contributed by atoms with Gasteiger partial charge >= 0.3 is 0 Å². The average Bonchev–Trinajstić information content (AvgIpc) is 2.73. The summed E-state index contributed by atoms with van der Waals surface area (Å²) in [6.45, 7) is 4.99. The summed E-state index contributed by atoms with van der Waals surface area (Å²) in [5, 5.41) is 7.44. The molecule has 0 spiro atoms. The van der Waals surface area contributed by atoms with Crippen molar-refractivity contribution in [2.45, 2.75) is 26.4 Å². The van der Waals surface area contributed by atoms with Gasteiger partial charge in [0.25, 0.3) is 0 Å². The Morgan fingerprint density at radius 1 is 1.39 bits per heavy atom. The fourth-order valence-corrected chi connectivity index (χ4v) is 1.54. The van der Waals surface area contributed by atoms with Crippen LogP contribution in [-0.2, 0) is 13.6 Å². The van der Waals surface area contributed by atoms with E-state index in [9.17, 15) is 0 Å². The van der Waals surface area contributed by atoms with Crippen molar-refractivity contribution < 1.29 is 4.74 Å². The molecule has 0 aliphatic heterocycles. The van der Waals surface area contributed by atoms with Gasteiger partial charge in [-0.3, -0.25) is 9.67 Å². The van der Waals surface area contributed by atoms with Crippen molar-refractivity contribution in [2.75, 3.05) is 0 Å². The highest BCUT2D eigenvalue weighted by atomic mass is 16.5. The molecular formula is C13H18N4O. The van der Waals surface area contributed by atoms with Crippen molar-refractivity contribution in [3.63, 3.8) is 0 Å². The van der Waals surface area contributed by atoms with Crippen LogP contribution in [0.3, 0.4) is 0 Å². The first-order chi connectivity index (χ1) is 8.65. The zero-order valence-corrected chi connectivity index (χ0v) is 10.9. The first kappa shape index (κ1) is 12.6. The molecule has 0 atom stereocenters. The van der Waals surface area contributed by atoms with Crippen LogP contribution in [-0.4, -0.2) is 20.8 Å². The topological polar surface area (TPSA) is 52.0 Å². The van der Waals surface area contributed by atoms with Gasteiger partial charge in [0.05, 0.1) is 18.6 Å². The lowest BCUT2D eigenvalue weighted by Gasteiger charge is -2.11. The minimum Gasteiger partial charge on any atom is -0.452 e. The normalized spacial score (nSPS) is 10.9. The van der Waals surface area contributed by atoms with Crippen molar-refractivity contribution in [1.82, 2.24) is 20.1 Å². The molecule has 0 aliphatic carbocycles. The van der Waals surface area contributed by atoms with Crippen LogP contribution < -0.4 is 10.1 Å². The van der Waals surface area contributed by atoms with Crippen LogP contribution in [0.15, 0.2) is 30.9 Å². The second-order valence-corrected chi connectivity index (χ2v) is 4.47. The number of ether oxygens (including phenoxy) is 1. The Morgan fingerprint density at radius 3 is 2.89 bits per heavy atom. The number of nitrogens with zero attached hydrogens (tertiary/aromatic N) is 3. The molecule has 1 N–H and O–H groups in total. The van der Waals surface area contributed by atoms with E-state index in [4.69, 9.17) is 4.74 Å². The molecule has 0 aliphatic rings. The highest BCUT2D eigenvalue weighted by Gasteiger charge is 2.06. The molecule has 0 radical (unpaired) electrons. The van der Waals surface area contributed by atoms with E-state index in [-0.39, 0.29) is 0 Å². The monoisotopic (exact) mass is 246 g/mol. The van der Waals surface area contributed by atoms with Crippen molar-refractivity contribution in [3.8, 4) is 11.5 Å². The van der Waals surface area contributed by atoms with Crippen LogP contribution in [0.5, 0.6) is 11.5 Å². The van der Waals surface area contributed by atoms with Gasteiger partial charge in [-0.2, -0.15) is 5.10 Å². The van der Waals surface area contributed by atoms with E-state index in [1.54, 1.807) is 23.3 Å². The zero-order chi connectivity index (χ0) is 13.0. The SMILES string of the molecule is CC(C)NCc1ccncc1Oc1cnn(C)c1. The van der Waals surface area contributed by atoms with E-state index in [1.165, 1.54) is 0 Å². The predicted octanol–water partition coefficient (Wildman–Crippen LogP) is 2.11. The maximum absolute atomic E-state index is 5.78. The van der Waals surface area contributed by atoms with Crippen LogP contribution in [0, 0.1) is 0 Å². The predicted molar refractivity (Wildman–Crippen MR) is 69.5 cm³/mol. The van der Waals surface area contributed by atoms with Crippen molar-refractivity contribution >= 4 is 0 Å². The van der Waals surface area contributed by atoms with E-state index in [2.05, 4.69) is 29.2 Å².